The molecule has 4 rings (SSSR count). The van der Waals surface area contributed by atoms with Gasteiger partial charge in [0.25, 0.3) is 0 Å². The molecule has 29 heavy (non-hydrogen) atoms. The minimum absolute atomic E-state index is 0.0778. The number of rotatable bonds is 4. The molecule has 6 nitrogen and oxygen atoms in total. The molecule has 0 saturated carbocycles. The first kappa shape index (κ1) is 19.7. The molecule has 1 heterocycles. The van der Waals surface area contributed by atoms with E-state index in [1.165, 1.54) is 6.07 Å². The number of hydrogen-bond acceptors (Lipinski definition) is 4. The highest BCUT2D eigenvalue weighted by atomic mass is 79.9. The topological polar surface area (TPSA) is 87.0 Å². The molecule has 2 N–H and O–H groups in total. The van der Waals surface area contributed by atoms with Crippen molar-refractivity contribution in [2.24, 2.45) is 10.2 Å². The molecule has 9 heteroatoms. The molecule has 0 atom stereocenters. The highest BCUT2D eigenvalue weighted by molar-refractivity contribution is 9.10. The lowest BCUT2D eigenvalue weighted by atomic mass is 10.1. The Morgan fingerprint density at radius 3 is 2.69 bits per heavy atom. The predicted octanol–water partition coefficient (Wildman–Crippen LogP) is 6.79. The number of amides is 1. The normalized spacial score (nSPS) is 11.6. The number of hydrogen-bond donors (Lipinski definition) is 2. The van der Waals surface area contributed by atoms with E-state index in [0.717, 1.165) is 15.2 Å². The van der Waals surface area contributed by atoms with Crippen molar-refractivity contribution < 1.29 is 14.6 Å². The molecule has 0 bridgehead atoms. The van der Waals surface area contributed by atoms with Crippen molar-refractivity contribution in [2.45, 2.75) is 0 Å². The first-order chi connectivity index (χ1) is 13.9. The number of carbonyl (C=O) groups is 1. The Morgan fingerprint density at radius 1 is 1.10 bits per heavy atom. The van der Waals surface area contributed by atoms with E-state index < -0.39 is 5.91 Å². The summed E-state index contributed by atoms with van der Waals surface area (Å²) in [6.45, 7) is -0.295. The second-order valence-corrected chi connectivity index (χ2v) is 7.93. The largest absolute Gasteiger partial charge is 0.493 e. The van der Waals surface area contributed by atoms with Crippen LogP contribution in [0.4, 0.5) is 5.69 Å². The molecule has 0 radical (unpaired) electrons. The van der Waals surface area contributed by atoms with Crippen LogP contribution in [0.25, 0.3) is 21.7 Å². The summed E-state index contributed by atoms with van der Waals surface area (Å²) in [5.41, 5.74) is 0.531. The van der Waals surface area contributed by atoms with Crippen LogP contribution in [0.15, 0.2) is 63.2 Å². The average molecular weight is 493 g/mol. The lowest BCUT2D eigenvalue weighted by Gasteiger charge is -2.05. The summed E-state index contributed by atoms with van der Waals surface area (Å²) in [4.78, 5) is 14.8. The lowest BCUT2D eigenvalue weighted by Crippen LogP contribution is -2.07. The second-order valence-electron chi connectivity index (χ2n) is 6.17. The van der Waals surface area contributed by atoms with E-state index in [-0.39, 0.29) is 18.2 Å². The van der Waals surface area contributed by atoms with Gasteiger partial charge in [-0.3, -0.25) is 4.79 Å². The number of nitrogens with zero attached hydrogens (tertiary/aromatic N) is 2. The summed E-state index contributed by atoms with van der Waals surface area (Å²) in [5.74, 6) is -0.331. The van der Waals surface area contributed by atoms with Gasteiger partial charge in [-0.15, -0.1) is 10.2 Å². The number of carbonyl (C=O) groups excluding carboxylic acids is 1. The van der Waals surface area contributed by atoms with Gasteiger partial charge in [0.1, 0.15) is 5.75 Å². The van der Waals surface area contributed by atoms with E-state index in [2.05, 4.69) is 31.1 Å². The quantitative estimate of drug-likeness (QED) is 0.307. The van der Waals surface area contributed by atoms with Gasteiger partial charge >= 0.3 is 5.91 Å². The number of halogens is 3. The minimum Gasteiger partial charge on any atom is -0.493 e. The number of aromatic amines is 1. The Hall–Kier alpha value is -2.61. The molecule has 0 aliphatic carbocycles. The maximum absolute atomic E-state index is 12.1. The van der Waals surface area contributed by atoms with Crippen LogP contribution < -0.4 is 4.74 Å². The fourth-order valence-electron chi connectivity index (χ4n) is 2.86. The first-order valence-corrected chi connectivity index (χ1v) is 9.92. The summed E-state index contributed by atoms with van der Waals surface area (Å²) < 4.78 is 6.49. The van der Waals surface area contributed by atoms with E-state index in [0.29, 0.717) is 26.7 Å². The number of aromatic nitrogens is 1. The zero-order chi connectivity index (χ0) is 20.5. The average Bonchev–Trinajstić information content (AvgIpc) is 3.00. The summed E-state index contributed by atoms with van der Waals surface area (Å²) in [6.07, 6.45) is 0. The highest BCUT2D eigenvalue weighted by Gasteiger charge is 2.14. The standard InChI is InChI=1S/C20H12BrCl2N3O3/c21-12-3-1-11-6-14(4-2-10(11)5-12)29-9-17(27)25-26-19-15-7-13(22)8-16(23)18(15)24-20(19)28/h1-8,24,28H,9H2. The van der Waals surface area contributed by atoms with Crippen LogP contribution in [0.5, 0.6) is 11.6 Å². The van der Waals surface area contributed by atoms with Gasteiger partial charge < -0.3 is 14.8 Å². The molecular weight excluding hydrogens is 481 g/mol. The fraction of sp³-hybridized carbons (Fsp3) is 0.0500. The lowest BCUT2D eigenvalue weighted by molar-refractivity contribution is -0.120. The third-order valence-corrected chi connectivity index (χ3v) is 5.18. The number of H-pyrrole nitrogens is 1. The summed E-state index contributed by atoms with van der Waals surface area (Å²) >= 11 is 15.5. The van der Waals surface area contributed by atoms with Crippen molar-refractivity contribution in [1.82, 2.24) is 4.98 Å². The number of fused-ring (bicyclic) bond motifs is 2. The van der Waals surface area contributed by atoms with Crippen molar-refractivity contribution >= 4 is 72.4 Å². The third kappa shape index (κ3) is 4.22. The molecule has 0 spiro atoms. The molecule has 0 saturated heterocycles. The SMILES string of the molecule is O=C(COc1ccc2cc(Br)ccc2c1)N=Nc1c(O)[nH]c2c(Cl)cc(Cl)cc12. The van der Waals surface area contributed by atoms with Gasteiger partial charge in [-0.1, -0.05) is 51.3 Å². The predicted molar refractivity (Wildman–Crippen MR) is 117 cm³/mol. The molecule has 1 aromatic heterocycles. The van der Waals surface area contributed by atoms with Crippen molar-refractivity contribution in [3.8, 4) is 11.6 Å². The summed E-state index contributed by atoms with van der Waals surface area (Å²) in [7, 11) is 0. The zero-order valence-electron chi connectivity index (χ0n) is 14.6. The smallest absolute Gasteiger partial charge is 0.302 e. The van der Waals surface area contributed by atoms with Crippen LogP contribution in [0.1, 0.15) is 0 Å². The first-order valence-electron chi connectivity index (χ1n) is 8.37. The van der Waals surface area contributed by atoms with Crippen LogP contribution in [0.3, 0.4) is 0 Å². The number of nitrogens with one attached hydrogen (secondary N) is 1. The Morgan fingerprint density at radius 2 is 1.86 bits per heavy atom. The minimum atomic E-state index is -0.609. The van der Waals surface area contributed by atoms with E-state index in [1.807, 2.05) is 30.3 Å². The third-order valence-electron chi connectivity index (χ3n) is 4.18. The number of aromatic hydroxyl groups is 1. The van der Waals surface area contributed by atoms with Crippen molar-refractivity contribution in [3.63, 3.8) is 0 Å². The summed E-state index contributed by atoms with van der Waals surface area (Å²) in [5, 5.41) is 20.7. The molecule has 3 aromatic carbocycles. The van der Waals surface area contributed by atoms with Crippen LogP contribution in [0, 0.1) is 0 Å². The Kier molecular flexibility index (Phi) is 5.45. The maximum atomic E-state index is 12.1. The Labute approximate surface area is 183 Å². The van der Waals surface area contributed by atoms with Crippen LogP contribution >= 0.6 is 39.1 Å². The molecular formula is C20H12BrCl2N3O3. The van der Waals surface area contributed by atoms with Crippen LogP contribution in [-0.2, 0) is 4.79 Å². The molecule has 0 aliphatic heterocycles. The fourth-order valence-corrected chi connectivity index (χ4v) is 3.78. The van der Waals surface area contributed by atoms with Crippen molar-refractivity contribution in [1.29, 1.82) is 0 Å². The molecule has 1 amide bonds. The second kappa shape index (κ2) is 8.02. The van der Waals surface area contributed by atoms with Gasteiger partial charge in [-0.2, -0.15) is 0 Å². The van der Waals surface area contributed by atoms with Gasteiger partial charge in [0.2, 0.25) is 5.88 Å². The zero-order valence-corrected chi connectivity index (χ0v) is 17.7. The highest BCUT2D eigenvalue weighted by Crippen LogP contribution is 2.40. The molecule has 0 aliphatic rings. The van der Waals surface area contributed by atoms with Crippen LogP contribution in [-0.4, -0.2) is 22.6 Å². The van der Waals surface area contributed by atoms with Gasteiger partial charge in [-0.05, 0) is 47.2 Å². The number of ether oxygens (including phenoxy) is 1. The Balaban J connectivity index is 1.49. The van der Waals surface area contributed by atoms with Crippen molar-refractivity contribution in [2.75, 3.05) is 6.61 Å². The van der Waals surface area contributed by atoms with E-state index in [9.17, 15) is 9.90 Å². The van der Waals surface area contributed by atoms with Gasteiger partial charge in [0.05, 0.1) is 10.5 Å². The summed E-state index contributed by atoms with van der Waals surface area (Å²) in [6, 6.07) is 14.5. The Bertz CT molecular complexity index is 1290. The van der Waals surface area contributed by atoms with E-state index in [4.69, 9.17) is 27.9 Å². The van der Waals surface area contributed by atoms with E-state index in [1.54, 1.807) is 12.1 Å². The van der Waals surface area contributed by atoms with Gasteiger partial charge in [0, 0.05) is 14.9 Å². The number of azo groups is 1. The number of benzene rings is 3. The molecule has 4 aromatic rings. The maximum Gasteiger partial charge on any atom is 0.302 e. The molecule has 146 valence electrons. The van der Waals surface area contributed by atoms with Crippen molar-refractivity contribution in [3.05, 3.63) is 63.0 Å². The van der Waals surface area contributed by atoms with E-state index >= 15 is 0 Å². The van der Waals surface area contributed by atoms with Gasteiger partial charge in [-0.25, -0.2) is 0 Å². The van der Waals surface area contributed by atoms with Crippen LogP contribution in [0.2, 0.25) is 10.0 Å². The van der Waals surface area contributed by atoms with Gasteiger partial charge in [0.15, 0.2) is 12.3 Å². The molecule has 0 unspecified atom stereocenters. The molecule has 0 fully saturated rings. The monoisotopic (exact) mass is 491 g/mol.